The van der Waals surface area contributed by atoms with Crippen molar-refractivity contribution in [2.24, 2.45) is 5.92 Å². The highest BCUT2D eigenvalue weighted by Crippen LogP contribution is 2.35. The smallest absolute Gasteiger partial charge is 0.383 e. The molecule has 2 fully saturated rings. The molecule has 9 nitrogen and oxygen atoms in total. The third-order valence-electron chi connectivity index (χ3n) is 6.57. The van der Waals surface area contributed by atoms with Crippen molar-refractivity contribution in [2.75, 3.05) is 43.5 Å². The molecule has 5 heterocycles. The summed E-state index contributed by atoms with van der Waals surface area (Å²) in [6.45, 7) is 4.13. The monoisotopic (exact) mass is 494 g/mol. The highest BCUT2D eigenvalue weighted by atomic mass is 19.4. The van der Waals surface area contributed by atoms with Crippen LogP contribution in [-0.4, -0.2) is 58.6 Å². The van der Waals surface area contributed by atoms with Crippen LogP contribution in [0.2, 0.25) is 0 Å². The van der Waals surface area contributed by atoms with Gasteiger partial charge in [-0.25, -0.2) is 9.97 Å². The zero-order valence-electron chi connectivity index (χ0n) is 19.3. The maximum absolute atomic E-state index is 12.9. The van der Waals surface area contributed by atoms with E-state index in [0.717, 1.165) is 45.2 Å². The van der Waals surface area contributed by atoms with Gasteiger partial charge in [0, 0.05) is 45.2 Å². The van der Waals surface area contributed by atoms with Gasteiger partial charge >= 0.3 is 6.18 Å². The van der Waals surface area contributed by atoms with Gasteiger partial charge in [0.05, 0.1) is 41.6 Å². The Hall–Kier alpha value is -3.15. The number of nitrogen functional groups attached to an aromatic ring is 1. The number of aromatic nitrogens is 3. The lowest BCUT2D eigenvalue weighted by atomic mass is 9.99. The van der Waals surface area contributed by atoms with E-state index in [0.29, 0.717) is 30.1 Å². The number of nitrogens with zero attached hydrogens (tertiary/aromatic N) is 4. The molecule has 3 aliphatic heterocycles. The van der Waals surface area contributed by atoms with E-state index in [4.69, 9.17) is 10.5 Å². The molecule has 0 bridgehead atoms. The molecule has 2 aromatic heterocycles. The van der Waals surface area contributed by atoms with Crippen LogP contribution in [0.4, 0.5) is 24.7 Å². The fourth-order valence-electron chi connectivity index (χ4n) is 4.58. The second-order valence-electron chi connectivity index (χ2n) is 8.87. The molecule has 2 saturated heterocycles. The number of pyridine rings is 1. The number of ether oxygens (including phenoxy) is 1. The number of nitrogens with two attached hydrogens (primary N) is 1. The number of likely N-dealkylation sites (tertiary alicyclic amines) is 1. The number of rotatable bonds is 2. The number of alkyl halides is 3. The van der Waals surface area contributed by atoms with Gasteiger partial charge in [-0.3, -0.25) is 9.59 Å². The van der Waals surface area contributed by atoms with Crippen molar-refractivity contribution in [2.45, 2.75) is 44.8 Å². The fourth-order valence-corrected chi connectivity index (χ4v) is 4.58. The van der Waals surface area contributed by atoms with Crippen LogP contribution in [0.3, 0.4) is 0 Å². The minimum atomic E-state index is -4.57. The Bertz CT molecular complexity index is 1090. The average molecular weight is 495 g/mol. The molecule has 3 N–H and O–H groups in total. The molecular weight excluding hydrogens is 465 g/mol. The van der Waals surface area contributed by atoms with Gasteiger partial charge in [0.1, 0.15) is 5.82 Å². The van der Waals surface area contributed by atoms with Crippen LogP contribution in [0.25, 0.3) is 0 Å². The quantitative estimate of drug-likeness (QED) is 0.658. The Morgan fingerprint density at radius 1 is 1.14 bits per heavy atom. The van der Waals surface area contributed by atoms with Gasteiger partial charge in [-0.05, 0) is 31.7 Å². The molecule has 3 aliphatic rings. The molecule has 0 saturated carbocycles. The summed E-state index contributed by atoms with van der Waals surface area (Å²) < 4.78 is 43.9. The zero-order chi connectivity index (χ0) is 25.0. The number of hydrogen-bond donors (Lipinski definition) is 2. The SMILES string of the molecule is Nc1ncc(N2CCc3nc[nH]c(=O)c3C2)cc1C(F)(F)F.O=C(C1CCOCC1)N1CCCC1. The highest BCUT2D eigenvalue weighted by Gasteiger charge is 2.35. The zero-order valence-corrected chi connectivity index (χ0v) is 19.3. The number of carbonyl (C=O) groups is 1. The molecule has 35 heavy (non-hydrogen) atoms. The average Bonchev–Trinajstić information content (AvgIpc) is 3.39. The molecule has 12 heteroatoms. The number of H-pyrrole nitrogens is 1. The van der Waals surface area contributed by atoms with Crippen LogP contribution in [0.5, 0.6) is 0 Å². The largest absolute Gasteiger partial charge is 0.420 e. The standard InChI is InChI=1S/C13H12F3N5O.C10H17NO2/c14-13(15,16)9-3-7(4-18-11(9)17)21-2-1-10-8(5-21)12(22)20-6-19-10;12-10(11-5-1-2-6-11)9-3-7-13-8-4-9/h3-4,6H,1-2,5H2,(H2,17,18)(H,19,20,22);9H,1-8H2. The first-order valence-corrected chi connectivity index (χ1v) is 11.7. The Morgan fingerprint density at radius 2 is 1.86 bits per heavy atom. The predicted molar refractivity (Wildman–Crippen MR) is 123 cm³/mol. The van der Waals surface area contributed by atoms with Crippen LogP contribution in [0.15, 0.2) is 23.4 Å². The van der Waals surface area contributed by atoms with Gasteiger partial charge in [0.2, 0.25) is 5.91 Å². The number of carbonyl (C=O) groups excluding carboxylic acids is 1. The number of anilines is 2. The van der Waals surface area contributed by atoms with E-state index in [2.05, 4.69) is 15.0 Å². The summed E-state index contributed by atoms with van der Waals surface area (Å²) in [5.41, 5.74) is 5.43. The number of fused-ring (bicyclic) bond motifs is 1. The van der Waals surface area contributed by atoms with Crippen LogP contribution in [-0.2, 0) is 28.7 Å². The van der Waals surface area contributed by atoms with Crippen LogP contribution in [0.1, 0.15) is 42.5 Å². The van der Waals surface area contributed by atoms with Gasteiger partial charge in [0.15, 0.2) is 0 Å². The maximum atomic E-state index is 12.9. The van der Waals surface area contributed by atoms with E-state index >= 15 is 0 Å². The van der Waals surface area contributed by atoms with E-state index in [1.807, 2.05) is 4.90 Å². The lowest BCUT2D eigenvalue weighted by Crippen LogP contribution is -2.36. The molecule has 2 aromatic rings. The lowest BCUT2D eigenvalue weighted by Gasteiger charge is -2.29. The van der Waals surface area contributed by atoms with Crippen molar-refractivity contribution in [1.29, 1.82) is 0 Å². The summed E-state index contributed by atoms with van der Waals surface area (Å²) in [4.78, 5) is 37.5. The second kappa shape index (κ2) is 10.6. The van der Waals surface area contributed by atoms with Crippen molar-refractivity contribution in [3.05, 3.63) is 45.8 Å². The summed E-state index contributed by atoms with van der Waals surface area (Å²) in [6, 6.07) is 0.956. The first kappa shape index (κ1) is 25.0. The molecular formula is C23H29F3N6O3. The van der Waals surface area contributed by atoms with Crippen molar-refractivity contribution < 1.29 is 22.7 Å². The lowest BCUT2D eigenvalue weighted by molar-refractivity contribution is -0.138. The number of amides is 1. The summed E-state index contributed by atoms with van der Waals surface area (Å²) in [6.07, 6.45) is 2.74. The first-order chi connectivity index (χ1) is 16.7. The van der Waals surface area contributed by atoms with Gasteiger partial charge in [0.25, 0.3) is 5.56 Å². The van der Waals surface area contributed by atoms with Crippen molar-refractivity contribution in [1.82, 2.24) is 19.9 Å². The van der Waals surface area contributed by atoms with Gasteiger partial charge in [-0.15, -0.1) is 0 Å². The molecule has 0 unspecified atom stereocenters. The summed E-state index contributed by atoms with van der Waals surface area (Å²) >= 11 is 0. The number of aromatic amines is 1. The molecule has 1 amide bonds. The Morgan fingerprint density at radius 3 is 2.54 bits per heavy atom. The van der Waals surface area contributed by atoms with E-state index in [1.54, 1.807) is 4.90 Å². The van der Waals surface area contributed by atoms with Crippen LogP contribution in [0, 0.1) is 5.92 Å². The third kappa shape index (κ3) is 5.92. The topological polar surface area (TPSA) is 117 Å². The van der Waals surface area contributed by atoms with Crippen LogP contribution < -0.4 is 16.2 Å². The fraction of sp³-hybridized carbons (Fsp3) is 0.565. The summed E-state index contributed by atoms with van der Waals surface area (Å²) in [5, 5.41) is 0. The minimum Gasteiger partial charge on any atom is -0.383 e. The van der Waals surface area contributed by atoms with Crippen molar-refractivity contribution >= 4 is 17.4 Å². The maximum Gasteiger partial charge on any atom is 0.420 e. The summed E-state index contributed by atoms with van der Waals surface area (Å²) in [5.74, 6) is 0.0702. The Balaban J connectivity index is 0.000000189. The number of hydrogen-bond acceptors (Lipinski definition) is 7. The van der Waals surface area contributed by atoms with Gasteiger partial charge < -0.3 is 25.3 Å². The Labute approximate surface area is 200 Å². The third-order valence-corrected chi connectivity index (χ3v) is 6.57. The molecule has 0 atom stereocenters. The molecule has 5 rings (SSSR count). The number of nitrogens with one attached hydrogen (secondary N) is 1. The molecule has 0 aromatic carbocycles. The molecule has 0 spiro atoms. The predicted octanol–water partition coefficient (Wildman–Crippen LogP) is 2.36. The van der Waals surface area contributed by atoms with Crippen LogP contribution >= 0.6 is 0 Å². The highest BCUT2D eigenvalue weighted by molar-refractivity contribution is 5.79. The van der Waals surface area contributed by atoms with Crippen molar-refractivity contribution in [3.8, 4) is 0 Å². The van der Waals surface area contributed by atoms with Gasteiger partial charge in [-0.1, -0.05) is 0 Å². The number of halogens is 3. The molecule has 0 aliphatic carbocycles. The van der Waals surface area contributed by atoms with E-state index in [1.165, 1.54) is 25.4 Å². The minimum absolute atomic E-state index is 0.182. The molecule has 190 valence electrons. The van der Waals surface area contributed by atoms with E-state index < -0.39 is 17.6 Å². The van der Waals surface area contributed by atoms with Gasteiger partial charge in [-0.2, -0.15) is 13.2 Å². The van der Waals surface area contributed by atoms with E-state index in [9.17, 15) is 22.8 Å². The van der Waals surface area contributed by atoms with Crippen molar-refractivity contribution in [3.63, 3.8) is 0 Å². The van der Waals surface area contributed by atoms with E-state index in [-0.39, 0.29) is 23.7 Å². The second-order valence-corrected chi connectivity index (χ2v) is 8.87. The Kier molecular flexibility index (Phi) is 7.58. The first-order valence-electron chi connectivity index (χ1n) is 11.7. The summed E-state index contributed by atoms with van der Waals surface area (Å²) in [7, 11) is 0. The normalized spacial score (nSPS) is 18.6. The molecule has 0 radical (unpaired) electrons.